The quantitative estimate of drug-likeness (QED) is 0.0272. The van der Waals surface area contributed by atoms with Crippen LogP contribution in [0.25, 0.3) is 0 Å². The molecule has 0 spiro atoms. The van der Waals surface area contributed by atoms with Crippen LogP contribution < -0.4 is 10.2 Å². The van der Waals surface area contributed by atoms with Gasteiger partial charge in [-0.3, -0.25) is 9.36 Å². The van der Waals surface area contributed by atoms with E-state index < -0.39 is 20.0 Å². The number of phosphoric ester groups is 1. The maximum atomic E-state index is 13.1. The Balaban J connectivity index is 4.01. The molecule has 1 amide bonds. The van der Waals surface area contributed by atoms with Gasteiger partial charge >= 0.3 is 0 Å². The first-order chi connectivity index (χ1) is 39.5. The van der Waals surface area contributed by atoms with Crippen molar-refractivity contribution in [3.8, 4) is 0 Å². The predicted molar refractivity (Wildman–Crippen MR) is 353 cm³/mol. The second-order valence-corrected chi connectivity index (χ2v) is 27.4. The van der Waals surface area contributed by atoms with Gasteiger partial charge in [-0.05, 0) is 51.4 Å². The fourth-order valence-corrected chi connectivity index (χ4v) is 11.8. The summed E-state index contributed by atoms with van der Waals surface area (Å²) in [6.07, 6.45) is 83.7. The van der Waals surface area contributed by atoms with Gasteiger partial charge < -0.3 is 28.8 Å². The summed E-state index contributed by atoms with van der Waals surface area (Å²) in [6, 6.07) is -0.802. The average molecular weight is 1160 g/mol. The number of allylic oxidation sites excluding steroid dienone is 6. The SMILES string of the molecule is CCCCCCC/C=C\C/C=C\C/C=C\CCCCCCCCCCCCCCCCCCC(=O)NC(COP(=O)([O-])OCC[N+](C)(C)C)C(O)CCCCCCCCCCCCCCCCCCCCCCCCCCCCCC. The van der Waals surface area contributed by atoms with Crippen LogP contribution in [0.1, 0.15) is 367 Å². The summed E-state index contributed by atoms with van der Waals surface area (Å²) in [6.45, 7) is 4.77. The van der Waals surface area contributed by atoms with Gasteiger partial charge in [-0.2, -0.15) is 0 Å². The number of phosphoric acid groups is 1. The van der Waals surface area contributed by atoms with E-state index in [1.54, 1.807) is 0 Å². The summed E-state index contributed by atoms with van der Waals surface area (Å²) < 4.78 is 23.6. The summed E-state index contributed by atoms with van der Waals surface area (Å²) in [5.41, 5.74) is 0. The highest BCUT2D eigenvalue weighted by atomic mass is 31.2. The van der Waals surface area contributed by atoms with Crippen molar-refractivity contribution in [2.24, 2.45) is 0 Å². The molecule has 0 saturated heterocycles. The van der Waals surface area contributed by atoms with Gasteiger partial charge in [-0.15, -0.1) is 0 Å². The molecule has 0 heterocycles. The Morgan fingerprint density at radius 1 is 0.432 bits per heavy atom. The zero-order valence-electron chi connectivity index (χ0n) is 55.0. The van der Waals surface area contributed by atoms with E-state index >= 15 is 0 Å². The van der Waals surface area contributed by atoms with Gasteiger partial charge in [-0.1, -0.05) is 346 Å². The number of hydrogen-bond acceptors (Lipinski definition) is 6. The maximum absolute atomic E-state index is 13.1. The highest BCUT2D eigenvalue weighted by Crippen LogP contribution is 2.38. The molecule has 0 aromatic carbocycles. The first kappa shape index (κ1) is 79.7. The molecule has 2 N–H and O–H groups in total. The molecule has 3 atom stereocenters. The van der Waals surface area contributed by atoms with Gasteiger partial charge in [0.15, 0.2) is 0 Å². The number of likely N-dealkylation sites (N-methyl/N-ethyl adjacent to an activating group) is 1. The van der Waals surface area contributed by atoms with Crippen molar-refractivity contribution >= 4 is 13.7 Å². The third-order valence-corrected chi connectivity index (χ3v) is 17.6. The Bertz CT molecular complexity index is 1410. The Morgan fingerprint density at radius 3 is 1.04 bits per heavy atom. The predicted octanol–water partition coefficient (Wildman–Crippen LogP) is 22.2. The maximum Gasteiger partial charge on any atom is 0.268 e. The molecule has 0 radical (unpaired) electrons. The highest BCUT2D eigenvalue weighted by Gasteiger charge is 2.24. The molecule has 8 nitrogen and oxygen atoms in total. The van der Waals surface area contributed by atoms with Gasteiger partial charge in [0.1, 0.15) is 13.2 Å². The zero-order chi connectivity index (χ0) is 59.1. The Morgan fingerprint density at radius 2 is 0.716 bits per heavy atom. The lowest BCUT2D eigenvalue weighted by atomic mass is 10.0. The minimum atomic E-state index is -4.58. The molecule has 0 rings (SSSR count). The Kier molecular flexibility index (Phi) is 62.2. The summed E-state index contributed by atoms with van der Waals surface area (Å²) >= 11 is 0. The third kappa shape index (κ3) is 66.1. The third-order valence-electron chi connectivity index (χ3n) is 16.6. The van der Waals surface area contributed by atoms with Crippen molar-refractivity contribution in [2.75, 3.05) is 40.9 Å². The molecule has 0 aromatic rings. The molecule has 0 saturated carbocycles. The van der Waals surface area contributed by atoms with Crippen molar-refractivity contribution in [3.63, 3.8) is 0 Å². The lowest BCUT2D eigenvalue weighted by Gasteiger charge is -2.30. The number of nitrogens with zero attached hydrogens (tertiary/aromatic N) is 1. The number of carbonyl (C=O) groups excluding carboxylic acids is 1. The second kappa shape index (κ2) is 63.2. The monoisotopic (exact) mass is 1160 g/mol. The normalized spacial score (nSPS) is 13.8. The van der Waals surface area contributed by atoms with Crippen LogP contribution in [0.15, 0.2) is 36.5 Å². The molecule has 81 heavy (non-hydrogen) atoms. The topological polar surface area (TPSA) is 108 Å². The van der Waals surface area contributed by atoms with E-state index in [1.807, 2.05) is 21.1 Å². The van der Waals surface area contributed by atoms with Gasteiger partial charge in [0.25, 0.3) is 7.82 Å². The largest absolute Gasteiger partial charge is 0.756 e. The van der Waals surface area contributed by atoms with E-state index in [4.69, 9.17) is 9.05 Å². The van der Waals surface area contributed by atoms with Crippen molar-refractivity contribution in [3.05, 3.63) is 36.5 Å². The van der Waals surface area contributed by atoms with Gasteiger partial charge in [-0.25, -0.2) is 0 Å². The lowest BCUT2D eigenvalue weighted by Crippen LogP contribution is -2.46. The minimum absolute atomic E-state index is 0.0138. The standard InChI is InChI=1S/C72H141N2O6P/c1-6-8-10-12-14-16-18-20-22-24-26-28-30-32-34-36-37-38-40-42-44-46-48-50-52-54-56-58-60-62-64-66-72(76)73-70(69-80-81(77,78)79-68-67-74(3,4)5)71(75)65-63-61-59-57-55-53-51-49-47-45-43-41-39-35-33-31-29-27-25-23-21-19-17-15-13-11-9-7-2/h18,20,24,26,30,32,70-71,75H,6-17,19,21-23,25,27-29,31,33-69H2,1-5H3,(H-,73,76,77,78)/b20-18-,26-24-,32-30-. The van der Waals surface area contributed by atoms with E-state index in [0.29, 0.717) is 23.9 Å². The van der Waals surface area contributed by atoms with E-state index in [1.165, 1.54) is 289 Å². The van der Waals surface area contributed by atoms with E-state index in [2.05, 4.69) is 55.6 Å². The molecule has 480 valence electrons. The zero-order valence-corrected chi connectivity index (χ0v) is 55.9. The Labute approximate surface area is 506 Å². The van der Waals surface area contributed by atoms with Crippen LogP contribution in [0.5, 0.6) is 0 Å². The number of unbranched alkanes of at least 4 members (excludes halogenated alkanes) is 48. The van der Waals surface area contributed by atoms with Gasteiger partial charge in [0.05, 0.1) is 39.9 Å². The fraction of sp³-hybridized carbons (Fsp3) is 0.903. The molecule has 0 aliphatic carbocycles. The van der Waals surface area contributed by atoms with Crippen LogP contribution >= 0.6 is 7.82 Å². The molecular formula is C72H141N2O6P. The van der Waals surface area contributed by atoms with Crippen LogP contribution in [0, 0.1) is 0 Å². The molecule has 0 fully saturated rings. The average Bonchev–Trinajstić information content (AvgIpc) is 3.43. The summed E-state index contributed by atoms with van der Waals surface area (Å²) in [7, 11) is 1.32. The summed E-state index contributed by atoms with van der Waals surface area (Å²) in [5, 5.41) is 14.1. The second-order valence-electron chi connectivity index (χ2n) is 26.0. The smallest absolute Gasteiger partial charge is 0.268 e. The van der Waals surface area contributed by atoms with Crippen LogP contribution in [-0.2, 0) is 18.4 Å². The van der Waals surface area contributed by atoms with E-state index in [0.717, 1.165) is 51.4 Å². The number of carbonyl (C=O) groups is 1. The molecule has 0 aliphatic heterocycles. The van der Waals surface area contributed by atoms with Crippen LogP contribution in [0.3, 0.4) is 0 Å². The highest BCUT2D eigenvalue weighted by molar-refractivity contribution is 7.45. The lowest BCUT2D eigenvalue weighted by molar-refractivity contribution is -0.870. The number of nitrogens with one attached hydrogen (secondary N) is 1. The number of hydrogen-bond donors (Lipinski definition) is 2. The van der Waals surface area contributed by atoms with Crippen molar-refractivity contribution in [2.45, 2.75) is 379 Å². The van der Waals surface area contributed by atoms with Gasteiger partial charge in [0.2, 0.25) is 5.91 Å². The molecule has 0 bridgehead atoms. The van der Waals surface area contributed by atoms with Crippen molar-refractivity contribution in [1.82, 2.24) is 5.32 Å². The van der Waals surface area contributed by atoms with Crippen LogP contribution in [0.2, 0.25) is 0 Å². The van der Waals surface area contributed by atoms with E-state index in [-0.39, 0.29) is 19.1 Å². The molecule has 0 aliphatic rings. The number of quaternary nitrogens is 1. The molecular weight excluding hydrogens is 1020 g/mol. The van der Waals surface area contributed by atoms with Crippen LogP contribution in [0.4, 0.5) is 0 Å². The molecule has 9 heteroatoms. The molecule has 0 aromatic heterocycles. The Hall–Kier alpha value is -1.28. The van der Waals surface area contributed by atoms with Crippen LogP contribution in [-0.4, -0.2) is 68.5 Å². The van der Waals surface area contributed by atoms with E-state index in [9.17, 15) is 19.4 Å². The number of aliphatic hydroxyl groups excluding tert-OH is 1. The molecule has 3 unspecified atom stereocenters. The van der Waals surface area contributed by atoms with Crippen molar-refractivity contribution < 1.29 is 32.9 Å². The van der Waals surface area contributed by atoms with Gasteiger partial charge in [0, 0.05) is 6.42 Å². The summed E-state index contributed by atoms with van der Waals surface area (Å²) in [4.78, 5) is 25.7. The number of aliphatic hydroxyl groups is 1. The summed E-state index contributed by atoms with van der Waals surface area (Å²) in [5.74, 6) is -0.158. The first-order valence-corrected chi connectivity index (χ1v) is 37.3. The number of rotatable bonds is 67. The first-order valence-electron chi connectivity index (χ1n) is 35.8. The fourth-order valence-electron chi connectivity index (χ4n) is 11.1. The van der Waals surface area contributed by atoms with Crippen molar-refractivity contribution in [1.29, 1.82) is 0 Å². The minimum Gasteiger partial charge on any atom is -0.756 e. The number of amides is 1.